The van der Waals surface area contributed by atoms with Gasteiger partial charge in [0.1, 0.15) is 6.10 Å². The minimum atomic E-state index is -0.570. The average Bonchev–Trinajstić information content (AvgIpc) is 2.86. The molecular weight excluding hydrogens is 260 g/mol. The monoisotopic (exact) mass is 278 g/mol. The van der Waals surface area contributed by atoms with Gasteiger partial charge in [-0.3, -0.25) is 4.79 Å². The van der Waals surface area contributed by atoms with Gasteiger partial charge in [0.05, 0.1) is 18.0 Å². The van der Waals surface area contributed by atoms with Gasteiger partial charge in [-0.1, -0.05) is 6.08 Å². The number of nitrogens with one attached hydrogen (secondary N) is 1. The van der Waals surface area contributed by atoms with E-state index in [2.05, 4.69) is 11.9 Å². The van der Waals surface area contributed by atoms with Crippen LogP contribution in [-0.4, -0.2) is 25.4 Å². The summed E-state index contributed by atoms with van der Waals surface area (Å²) in [6, 6.07) is 3.27. The van der Waals surface area contributed by atoms with E-state index in [1.807, 2.05) is 0 Å². The SMILES string of the molecule is C=CCCOC(C)C(=O)Nc1cc2c(cc1N)OCO2. The first kappa shape index (κ1) is 14.2. The van der Waals surface area contributed by atoms with Crippen molar-refractivity contribution in [1.82, 2.24) is 0 Å². The predicted molar refractivity (Wildman–Crippen MR) is 75.8 cm³/mol. The van der Waals surface area contributed by atoms with Crippen LogP contribution in [0.2, 0.25) is 0 Å². The standard InChI is InChI=1S/C14H18N2O4/c1-3-4-5-18-9(2)14(17)16-11-7-13-12(6-10(11)15)19-8-20-13/h3,6-7,9H,1,4-5,8,15H2,2H3,(H,16,17). The molecule has 1 aromatic carbocycles. The third-order valence-corrected chi connectivity index (χ3v) is 2.86. The van der Waals surface area contributed by atoms with Crippen molar-refractivity contribution >= 4 is 17.3 Å². The van der Waals surface area contributed by atoms with Gasteiger partial charge in [-0.25, -0.2) is 0 Å². The molecule has 1 aliphatic heterocycles. The number of rotatable bonds is 6. The number of hydrogen-bond donors (Lipinski definition) is 2. The first-order valence-corrected chi connectivity index (χ1v) is 6.34. The topological polar surface area (TPSA) is 82.8 Å². The molecule has 0 fully saturated rings. The van der Waals surface area contributed by atoms with Crippen molar-refractivity contribution < 1.29 is 19.0 Å². The van der Waals surface area contributed by atoms with Crippen LogP contribution in [0.15, 0.2) is 24.8 Å². The van der Waals surface area contributed by atoms with E-state index < -0.39 is 6.10 Å². The molecule has 0 saturated heterocycles. The minimum Gasteiger partial charge on any atom is -0.454 e. The van der Waals surface area contributed by atoms with Crippen molar-refractivity contribution in [3.05, 3.63) is 24.8 Å². The molecule has 1 heterocycles. The first-order valence-electron chi connectivity index (χ1n) is 6.34. The number of nitrogen functional groups attached to an aromatic ring is 1. The summed E-state index contributed by atoms with van der Waals surface area (Å²) < 4.78 is 15.8. The Hall–Kier alpha value is -2.21. The van der Waals surface area contributed by atoms with Crippen LogP contribution >= 0.6 is 0 Å². The molecule has 108 valence electrons. The summed E-state index contributed by atoms with van der Waals surface area (Å²) in [5.41, 5.74) is 6.76. The van der Waals surface area contributed by atoms with Crippen LogP contribution in [0.1, 0.15) is 13.3 Å². The minimum absolute atomic E-state index is 0.160. The number of ether oxygens (including phenoxy) is 3. The van der Waals surface area contributed by atoms with Crippen LogP contribution < -0.4 is 20.5 Å². The van der Waals surface area contributed by atoms with Gasteiger partial charge in [-0.15, -0.1) is 6.58 Å². The normalized spacial score (nSPS) is 13.8. The molecule has 1 aromatic rings. The van der Waals surface area contributed by atoms with Crippen LogP contribution in [-0.2, 0) is 9.53 Å². The lowest BCUT2D eigenvalue weighted by molar-refractivity contribution is -0.126. The van der Waals surface area contributed by atoms with Crippen molar-refractivity contribution in [3.63, 3.8) is 0 Å². The second-order valence-electron chi connectivity index (χ2n) is 4.37. The summed E-state index contributed by atoms with van der Waals surface area (Å²) in [5.74, 6) is 0.880. The Kier molecular flexibility index (Phi) is 4.47. The molecule has 1 amide bonds. The van der Waals surface area contributed by atoms with Gasteiger partial charge in [0.2, 0.25) is 6.79 Å². The largest absolute Gasteiger partial charge is 0.454 e. The van der Waals surface area contributed by atoms with Gasteiger partial charge < -0.3 is 25.3 Å². The molecule has 3 N–H and O–H groups in total. The molecule has 6 nitrogen and oxygen atoms in total. The van der Waals surface area contributed by atoms with E-state index in [1.165, 1.54) is 0 Å². The molecule has 1 unspecified atom stereocenters. The van der Waals surface area contributed by atoms with E-state index in [0.29, 0.717) is 35.9 Å². The van der Waals surface area contributed by atoms with Crippen molar-refractivity contribution in [2.75, 3.05) is 24.5 Å². The molecule has 0 bridgehead atoms. The Bertz CT molecular complexity index is 516. The van der Waals surface area contributed by atoms with Gasteiger partial charge in [0.25, 0.3) is 5.91 Å². The Morgan fingerprint density at radius 1 is 1.55 bits per heavy atom. The molecular formula is C14H18N2O4. The molecule has 1 aliphatic rings. The highest BCUT2D eigenvalue weighted by molar-refractivity contribution is 5.97. The summed E-state index contributed by atoms with van der Waals surface area (Å²) in [7, 11) is 0. The van der Waals surface area contributed by atoms with E-state index in [9.17, 15) is 4.79 Å². The van der Waals surface area contributed by atoms with Crippen molar-refractivity contribution in [2.45, 2.75) is 19.4 Å². The second-order valence-corrected chi connectivity index (χ2v) is 4.37. The quantitative estimate of drug-likeness (QED) is 0.472. The van der Waals surface area contributed by atoms with Gasteiger partial charge >= 0.3 is 0 Å². The zero-order chi connectivity index (χ0) is 14.5. The number of nitrogens with two attached hydrogens (primary N) is 1. The number of carbonyl (C=O) groups is 1. The van der Waals surface area contributed by atoms with Crippen LogP contribution in [0.25, 0.3) is 0 Å². The molecule has 0 aliphatic carbocycles. The molecule has 0 aromatic heterocycles. The summed E-state index contributed by atoms with van der Waals surface area (Å²) in [6.07, 6.45) is 1.87. The van der Waals surface area contributed by atoms with E-state index >= 15 is 0 Å². The summed E-state index contributed by atoms with van der Waals surface area (Å²) in [5, 5.41) is 2.72. The van der Waals surface area contributed by atoms with Crippen molar-refractivity contribution in [2.24, 2.45) is 0 Å². The molecule has 20 heavy (non-hydrogen) atoms. The fourth-order valence-corrected chi connectivity index (χ4v) is 1.70. The fraction of sp³-hybridized carbons (Fsp3) is 0.357. The Balaban J connectivity index is 1.99. The second kappa shape index (κ2) is 6.29. The number of anilines is 2. The zero-order valence-corrected chi connectivity index (χ0v) is 11.3. The third-order valence-electron chi connectivity index (χ3n) is 2.86. The summed E-state index contributed by atoms with van der Waals surface area (Å²) in [6.45, 7) is 5.89. The average molecular weight is 278 g/mol. The molecule has 1 atom stereocenters. The Labute approximate surface area is 117 Å². The van der Waals surface area contributed by atoms with E-state index in [1.54, 1.807) is 25.1 Å². The van der Waals surface area contributed by atoms with E-state index in [-0.39, 0.29) is 12.7 Å². The summed E-state index contributed by atoms with van der Waals surface area (Å²) in [4.78, 5) is 12.0. The number of hydrogen-bond acceptors (Lipinski definition) is 5. The fourth-order valence-electron chi connectivity index (χ4n) is 1.70. The molecule has 0 radical (unpaired) electrons. The number of carbonyl (C=O) groups excluding carboxylic acids is 1. The zero-order valence-electron chi connectivity index (χ0n) is 11.3. The van der Waals surface area contributed by atoms with Crippen molar-refractivity contribution in [3.8, 4) is 11.5 Å². The van der Waals surface area contributed by atoms with Crippen LogP contribution in [0.4, 0.5) is 11.4 Å². The molecule has 0 spiro atoms. The lowest BCUT2D eigenvalue weighted by Gasteiger charge is -2.14. The maximum absolute atomic E-state index is 12.0. The molecule has 2 rings (SSSR count). The number of amides is 1. The maximum atomic E-state index is 12.0. The molecule has 6 heteroatoms. The number of fused-ring (bicyclic) bond motifs is 1. The van der Waals surface area contributed by atoms with Crippen molar-refractivity contribution in [1.29, 1.82) is 0 Å². The summed E-state index contributed by atoms with van der Waals surface area (Å²) >= 11 is 0. The highest BCUT2D eigenvalue weighted by atomic mass is 16.7. The Morgan fingerprint density at radius 2 is 2.25 bits per heavy atom. The van der Waals surface area contributed by atoms with Gasteiger partial charge in [-0.2, -0.15) is 0 Å². The van der Waals surface area contributed by atoms with Gasteiger partial charge in [0.15, 0.2) is 11.5 Å². The maximum Gasteiger partial charge on any atom is 0.253 e. The number of benzene rings is 1. The highest BCUT2D eigenvalue weighted by Crippen LogP contribution is 2.38. The van der Waals surface area contributed by atoms with Gasteiger partial charge in [-0.05, 0) is 13.3 Å². The smallest absolute Gasteiger partial charge is 0.253 e. The first-order chi connectivity index (χ1) is 9.61. The van der Waals surface area contributed by atoms with Gasteiger partial charge in [0, 0.05) is 12.1 Å². The highest BCUT2D eigenvalue weighted by Gasteiger charge is 2.19. The lowest BCUT2D eigenvalue weighted by Crippen LogP contribution is -2.28. The molecule has 0 saturated carbocycles. The van der Waals surface area contributed by atoms with E-state index in [4.69, 9.17) is 19.9 Å². The van der Waals surface area contributed by atoms with Crippen LogP contribution in [0.5, 0.6) is 11.5 Å². The lowest BCUT2D eigenvalue weighted by atomic mass is 10.2. The van der Waals surface area contributed by atoms with Crippen LogP contribution in [0, 0.1) is 0 Å². The predicted octanol–water partition coefficient (Wildman–Crippen LogP) is 1.92. The Morgan fingerprint density at radius 3 is 2.95 bits per heavy atom. The van der Waals surface area contributed by atoms with E-state index in [0.717, 1.165) is 0 Å². The van der Waals surface area contributed by atoms with Crippen LogP contribution in [0.3, 0.4) is 0 Å². The third kappa shape index (κ3) is 3.21.